The number of rotatable bonds is 8. The van der Waals surface area contributed by atoms with Crippen molar-refractivity contribution in [3.8, 4) is 17.2 Å². The van der Waals surface area contributed by atoms with Crippen LogP contribution in [0.1, 0.15) is 48.6 Å². The minimum Gasteiger partial charge on any atom is -0.491 e. The molecule has 2 aromatic carbocycles. The average Bonchev–Trinajstić information content (AvgIpc) is 2.74. The lowest BCUT2D eigenvalue weighted by Gasteiger charge is -2.13. The van der Waals surface area contributed by atoms with Crippen molar-refractivity contribution in [2.75, 3.05) is 12.4 Å². The van der Waals surface area contributed by atoms with Crippen LogP contribution in [0.3, 0.4) is 0 Å². The number of carbonyl (C=O) groups excluding carboxylic acids is 1. The molecule has 162 valence electrons. The zero-order valence-electron chi connectivity index (χ0n) is 18.5. The third-order valence-corrected chi connectivity index (χ3v) is 4.65. The van der Waals surface area contributed by atoms with Crippen molar-refractivity contribution in [2.45, 2.75) is 39.9 Å². The molecule has 1 atom stereocenters. The predicted octanol–water partition coefficient (Wildman–Crippen LogP) is 5.93. The quantitative estimate of drug-likeness (QED) is 0.489. The van der Waals surface area contributed by atoms with Gasteiger partial charge in [0.1, 0.15) is 17.2 Å². The SMILES string of the molecule is COC(C)c1ccc(C(=O)Nc2cccc(Oc3ccc(OC(C)C)cc3)c2)c(C)n1. The Morgan fingerprint density at radius 2 is 1.65 bits per heavy atom. The minimum atomic E-state index is -0.228. The van der Waals surface area contributed by atoms with Gasteiger partial charge in [-0.3, -0.25) is 9.78 Å². The smallest absolute Gasteiger partial charge is 0.257 e. The van der Waals surface area contributed by atoms with Crippen LogP contribution in [0.4, 0.5) is 5.69 Å². The molecule has 6 heteroatoms. The summed E-state index contributed by atoms with van der Waals surface area (Å²) in [5.41, 5.74) is 2.59. The van der Waals surface area contributed by atoms with Gasteiger partial charge < -0.3 is 19.5 Å². The van der Waals surface area contributed by atoms with Crippen LogP contribution in [0, 0.1) is 6.92 Å². The number of anilines is 1. The van der Waals surface area contributed by atoms with Gasteiger partial charge in [0.2, 0.25) is 0 Å². The lowest BCUT2D eigenvalue weighted by atomic mass is 10.1. The lowest BCUT2D eigenvalue weighted by molar-refractivity contribution is 0.102. The van der Waals surface area contributed by atoms with Crippen LogP contribution in [0.15, 0.2) is 60.7 Å². The van der Waals surface area contributed by atoms with E-state index < -0.39 is 0 Å². The first kappa shape index (κ1) is 22.3. The third kappa shape index (κ3) is 6.06. The number of aromatic nitrogens is 1. The predicted molar refractivity (Wildman–Crippen MR) is 121 cm³/mol. The van der Waals surface area contributed by atoms with E-state index in [2.05, 4.69) is 10.3 Å². The molecule has 0 bridgehead atoms. The van der Waals surface area contributed by atoms with Gasteiger partial charge in [-0.1, -0.05) is 6.07 Å². The van der Waals surface area contributed by atoms with Crippen molar-refractivity contribution in [2.24, 2.45) is 0 Å². The highest BCUT2D eigenvalue weighted by atomic mass is 16.5. The Labute approximate surface area is 183 Å². The molecule has 31 heavy (non-hydrogen) atoms. The molecule has 0 radical (unpaired) electrons. The fourth-order valence-electron chi connectivity index (χ4n) is 3.00. The van der Waals surface area contributed by atoms with E-state index in [1.807, 2.05) is 76.2 Å². The number of amides is 1. The monoisotopic (exact) mass is 420 g/mol. The number of aryl methyl sites for hydroxylation is 1. The van der Waals surface area contributed by atoms with Crippen LogP contribution in [0.5, 0.6) is 17.2 Å². The van der Waals surface area contributed by atoms with E-state index in [0.717, 1.165) is 11.4 Å². The van der Waals surface area contributed by atoms with Crippen LogP contribution in [0.25, 0.3) is 0 Å². The number of nitrogens with one attached hydrogen (secondary N) is 1. The van der Waals surface area contributed by atoms with Crippen molar-refractivity contribution in [1.29, 1.82) is 0 Å². The summed E-state index contributed by atoms with van der Waals surface area (Å²) >= 11 is 0. The van der Waals surface area contributed by atoms with Gasteiger partial charge in [0.25, 0.3) is 5.91 Å². The summed E-state index contributed by atoms with van der Waals surface area (Å²) in [6, 6.07) is 18.3. The number of hydrogen-bond donors (Lipinski definition) is 1. The van der Waals surface area contributed by atoms with Gasteiger partial charge in [0, 0.05) is 18.9 Å². The Morgan fingerprint density at radius 1 is 0.935 bits per heavy atom. The number of pyridine rings is 1. The largest absolute Gasteiger partial charge is 0.491 e. The van der Waals surface area contributed by atoms with Crippen molar-refractivity contribution in [3.05, 3.63) is 77.6 Å². The number of carbonyl (C=O) groups is 1. The Kier molecular flexibility index (Phi) is 7.26. The van der Waals surface area contributed by atoms with Crippen molar-refractivity contribution < 1.29 is 19.0 Å². The highest BCUT2D eigenvalue weighted by Gasteiger charge is 2.14. The first-order valence-corrected chi connectivity index (χ1v) is 10.2. The number of methoxy groups -OCH3 is 1. The van der Waals surface area contributed by atoms with E-state index in [1.54, 1.807) is 19.2 Å². The van der Waals surface area contributed by atoms with E-state index in [1.165, 1.54) is 0 Å². The van der Waals surface area contributed by atoms with Gasteiger partial charge >= 0.3 is 0 Å². The molecule has 3 rings (SSSR count). The first-order valence-electron chi connectivity index (χ1n) is 10.2. The molecule has 0 aliphatic carbocycles. The van der Waals surface area contributed by atoms with E-state index >= 15 is 0 Å². The zero-order valence-corrected chi connectivity index (χ0v) is 18.5. The molecule has 1 amide bonds. The van der Waals surface area contributed by atoms with Crippen molar-refractivity contribution in [3.63, 3.8) is 0 Å². The van der Waals surface area contributed by atoms with E-state index in [0.29, 0.717) is 28.4 Å². The maximum atomic E-state index is 12.7. The summed E-state index contributed by atoms with van der Waals surface area (Å²) in [6.07, 6.45) is -0.0128. The van der Waals surface area contributed by atoms with Gasteiger partial charge in [0.05, 0.1) is 29.2 Å². The molecule has 6 nitrogen and oxygen atoms in total. The minimum absolute atomic E-state index is 0.116. The summed E-state index contributed by atoms with van der Waals surface area (Å²) in [7, 11) is 1.63. The fourth-order valence-corrected chi connectivity index (χ4v) is 3.00. The molecular formula is C25H28N2O4. The van der Waals surface area contributed by atoms with Gasteiger partial charge in [0.15, 0.2) is 0 Å². The topological polar surface area (TPSA) is 69.7 Å². The fraction of sp³-hybridized carbons (Fsp3) is 0.280. The number of hydrogen-bond acceptors (Lipinski definition) is 5. The van der Waals surface area contributed by atoms with E-state index in [4.69, 9.17) is 14.2 Å². The summed E-state index contributed by atoms with van der Waals surface area (Å²) in [5, 5.41) is 2.91. The second-order valence-electron chi connectivity index (χ2n) is 7.47. The van der Waals surface area contributed by atoms with Crippen LogP contribution in [-0.4, -0.2) is 24.1 Å². The molecule has 0 fully saturated rings. The van der Waals surface area contributed by atoms with E-state index in [9.17, 15) is 4.79 Å². The summed E-state index contributed by atoms with van der Waals surface area (Å²) < 4.78 is 16.8. The van der Waals surface area contributed by atoms with Crippen LogP contribution < -0.4 is 14.8 Å². The maximum Gasteiger partial charge on any atom is 0.257 e. The second-order valence-corrected chi connectivity index (χ2v) is 7.47. The van der Waals surface area contributed by atoms with Crippen LogP contribution in [-0.2, 0) is 4.74 Å². The molecule has 0 saturated heterocycles. The molecule has 0 aliphatic rings. The summed E-state index contributed by atoms with van der Waals surface area (Å²) in [5.74, 6) is 1.86. The van der Waals surface area contributed by atoms with Gasteiger partial charge in [-0.25, -0.2) is 0 Å². The molecule has 1 aromatic heterocycles. The van der Waals surface area contributed by atoms with Gasteiger partial charge in [-0.15, -0.1) is 0 Å². The van der Waals surface area contributed by atoms with Gasteiger partial charge in [-0.2, -0.15) is 0 Å². The maximum absolute atomic E-state index is 12.7. The normalized spacial score (nSPS) is 11.8. The lowest BCUT2D eigenvalue weighted by Crippen LogP contribution is -2.15. The average molecular weight is 421 g/mol. The second kappa shape index (κ2) is 10.1. The molecule has 0 aliphatic heterocycles. The Balaban J connectivity index is 1.68. The number of ether oxygens (including phenoxy) is 3. The van der Waals surface area contributed by atoms with Gasteiger partial charge in [-0.05, 0) is 76.2 Å². The standard InChI is InChI=1S/C25H28N2O4/c1-16(2)30-20-9-11-21(12-10-20)31-22-8-6-7-19(15-22)27-25(28)23-13-14-24(18(4)29-5)26-17(23)3/h6-16,18H,1-5H3,(H,27,28). The molecule has 0 saturated carbocycles. The summed E-state index contributed by atoms with van der Waals surface area (Å²) in [6.45, 7) is 7.69. The van der Waals surface area contributed by atoms with Crippen molar-refractivity contribution >= 4 is 11.6 Å². The molecule has 1 heterocycles. The van der Waals surface area contributed by atoms with Crippen LogP contribution in [0.2, 0.25) is 0 Å². The molecule has 1 unspecified atom stereocenters. The van der Waals surface area contributed by atoms with E-state index in [-0.39, 0.29) is 18.1 Å². The Hall–Kier alpha value is -3.38. The summed E-state index contributed by atoms with van der Waals surface area (Å²) in [4.78, 5) is 17.2. The Morgan fingerprint density at radius 3 is 2.29 bits per heavy atom. The van der Waals surface area contributed by atoms with Crippen molar-refractivity contribution in [1.82, 2.24) is 4.98 Å². The number of benzene rings is 2. The highest BCUT2D eigenvalue weighted by Crippen LogP contribution is 2.26. The third-order valence-electron chi connectivity index (χ3n) is 4.65. The highest BCUT2D eigenvalue weighted by molar-refractivity contribution is 6.05. The molecule has 0 spiro atoms. The van der Waals surface area contributed by atoms with Crippen LogP contribution >= 0.6 is 0 Å². The zero-order chi connectivity index (χ0) is 22.4. The Bertz CT molecular complexity index is 1030. The number of nitrogens with zero attached hydrogens (tertiary/aromatic N) is 1. The molecule has 1 N–H and O–H groups in total. The molecular weight excluding hydrogens is 392 g/mol. The molecule has 3 aromatic rings. The first-order chi connectivity index (χ1) is 14.9.